The molecule has 0 atom stereocenters. The summed E-state index contributed by atoms with van der Waals surface area (Å²) in [5, 5.41) is 4.20. The zero-order valence-corrected chi connectivity index (χ0v) is 19.7. The van der Waals surface area contributed by atoms with E-state index in [0.29, 0.717) is 47.0 Å². The molecular weight excluding hydrogens is 463 g/mol. The molecule has 0 spiro atoms. The lowest BCUT2D eigenvalue weighted by Crippen LogP contribution is -2.23. The number of hydrogen-bond acceptors (Lipinski definition) is 7. The number of carbonyl (C=O) groups is 1. The number of nitrogens with one attached hydrogen (secondary N) is 1. The Balaban J connectivity index is 1.39. The van der Waals surface area contributed by atoms with Crippen LogP contribution in [0.1, 0.15) is 29.8 Å². The summed E-state index contributed by atoms with van der Waals surface area (Å²) >= 11 is 12.3. The highest BCUT2D eigenvalue weighted by molar-refractivity contribution is 6.42. The lowest BCUT2D eigenvalue weighted by molar-refractivity contribution is -0.117. The number of nitrogen functional groups attached to an aromatic ring is 1. The minimum Gasteiger partial charge on any atom is -0.486 e. The first-order valence-electron chi connectivity index (χ1n) is 10.6. The zero-order chi connectivity index (χ0) is 23.4. The van der Waals surface area contributed by atoms with E-state index in [2.05, 4.69) is 20.3 Å². The van der Waals surface area contributed by atoms with E-state index in [1.54, 1.807) is 11.0 Å². The number of carbonyl (C=O) groups excluding carboxylic acids is 1. The van der Waals surface area contributed by atoms with Gasteiger partial charge in [-0.1, -0.05) is 35.3 Å². The van der Waals surface area contributed by atoms with Crippen LogP contribution in [0, 0.1) is 6.92 Å². The van der Waals surface area contributed by atoms with Crippen molar-refractivity contribution in [2.75, 3.05) is 29.0 Å². The second-order valence-electron chi connectivity index (χ2n) is 7.77. The molecule has 10 heteroatoms. The fourth-order valence-electron chi connectivity index (χ4n) is 3.67. The molecule has 1 saturated heterocycles. The molecule has 2 aromatic carbocycles. The van der Waals surface area contributed by atoms with Gasteiger partial charge >= 0.3 is 0 Å². The molecule has 3 aromatic rings. The molecule has 8 nitrogen and oxygen atoms in total. The molecule has 0 radical (unpaired) electrons. The Morgan fingerprint density at radius 1 is 1.18 bits per heavy atom. The van der Waals surface area contributed by atoms with Crippen molar-refractivity contribution >= 4 is 46.7 Å². The van der Waals surface area contributed by atoms with Gasteiger partial charge in [0.1, 0.15) is 12.4 Å². The summed E-state index contributed by atoms with van der Waals surface area (Å²) in [4.78, 5) is 26.6. The first kappa shape index (κ1) is 23.1. The SMILES string of the molecule is Cc1cc(OCc2nc(N)nc(NCCc3cccc(Cl)c3Cl)n2)cc(N2CCCC2=O)c1. The third-order valence-corrected chi connectivity index (χ3v) is 6.05. The molecule has 0 unspecified atom stereocenters. The Morgan fingerprint density at radius 3 is 2.82 bits per heavy atom. The number of hydrogen-bond donors (Lipinski definition) is 2. The van der Waals surface area contributed by atoms with E-state index in [1.165, 1.54) is 0 Å². The van der Waals surface area contributed by atoms with Crippen LogP contribution in [0.15, 0.2) is 36.4 Å². The topological polar surface area (TPSA) is 106 Å². The normalized spacial score (nSPS) is 13.4. The van der Waals surface area contributed by atoms with Gasteiger partial charge in [-0.15, -0.1) is 0 Å². The van der Waals surface area contributed by atoms with Gasteiger partial charge in [-0.25, -0.2) is 0 Å². The molecule has 1 aromatic heterocycles. The molecule has 2 heterocycles. The van der Waals surface area contributed by atoms with Crippen molar-refractivity contribution in [1.82, 2.24) is 15.0 Å². The Hall–Kier alpha value is -3.10. The van der Waals surface area contributed by atoms with Gasteiger partial charge in [0, 0.05) is 31.3 Å². The molecule has 1 aliphatic heterocycles. The van der Waals surface area contributed by atoms with E-state index in [0.717, 1.165) is 29.8 Å². The minimum atomic E-state index is 0.0967. The monoisotopic (exact) mass is 486 g/mol. The van der Waals surface area contributed by atoms with E-state index >= 15 is 0 Å². The Morgan fingerprint density at radius 2 is 2.03 bits per heavy atom. The molecular formula is C23H24Cl2N6O2. The maximum atomic E-state index is 12.1. The van der Waals surface area contributed by atoms with Crippen LogP contribution in [-0.4, -0.2) is 33.9 Å². The van der Waals surface area contributed by atoms with E-state index in [1.807, 2.05) is 37.3 Å². The van der Waals surface area contributed by atoms with E-state index in [-0.39, 0.29) is 18.5 Å². The average Bonchev–Trinajstić information content (AvgIpc) is 3.20. The molecule has 0 aliphatic carbocycles. The quantitative estimate of drug-likeness (QED) is 0.484. The summed E-state index contributed by atoms with van der Waals surface area (Å²) in [5.74, 6) is 1.61. The summed E-state index contributed by atoms with van der Waals surface area (Å²) in [7, 11) is 0. The number of benzene rings is 2. The van der Waals surface area contributed by atoms with Gasteiger partial charge in [0.2, 0.25) is 17.8 Å². The van der Waals surface area contributed by atoms with Crippen molar-refractivity contribution in [3.05, 3.63) is 63.4 Å². The maximum Gasteiger partial charge on any atom is 0.227 e. The summed E-state index contributed by atoms with van der Waals surface area (Å²) in [6, 6.07) is 11.3. The Kier molecular flexibility index (Phi) is 7.15. The molecule has 33 heavy (non-hydrogen) atoms. The number of nitrogens with zero attached hydrogens (tertiary/aromatic N) is 4. The van der Waals surface area contributed by atoms with Crippen LogP contribution in [0.2, 0.25) is 10.0 Å². The molecule has 1 fully saturated rings. The van der Waals surface area contributed by atoms with Crippen LogP contribution in [-0.2, 0) is 17.8 Å². The van der Waals surface area contributed by atoms with Gasteiger partial charge < -0.3 is 20.7 Å². The van der Waals surface area contributed by atoms with Crippen molar-refractivity contribution in [3.63, 3.8) is 0 Å². The molecule has 3 N–H and O–H groups in total. The zero-order valence-electron chi connectivity index (χ0n) is 18.1. The van der Waals surface area contributed by atoms with Crippen LogP contribution in [0.5, 0.6) is 5.75 Å². The van der Waals surface area contributed by atoms with Crippen LogP contribution in [0.25, 0.3) is 0 Å². The third-order valence-electron chi connectivity index (χ3n) is 5.20. The highest BCUT2D eigenvalue weighted by atomic mass is 35.5. The third kappa shape index (κ3) is 5.83. The number of anilines is 3. The van der Waals surface area contributed by atoms with E-state index in [9.17, 15) is 4.79 Å². The summed E-state index contributed by atoms with van der Waals surface area (Å²) in [6.45, 7) is 3.33. The summed E-state index contributed by atoms with van der Waals surface area (Å²) < 4.78 is 5.91. The average molecular weight is 487 g/mol. The number of halogens is 2. The first-order valence-corrected chi connectivity index (χ1v) is 11.4. The van der Waals surface area contributed by atoms with Gasteiger partial charge in [0.25, 0.3) is 0 Å². The second-order valence-corrected chi connectivity index (χ2v) is 8.55. The standard InChI is InChI=1S/C23H24Cl2N6O2/c1-14-10-16(31-9-3-6-20(31)32)12-17(11-14)33-13-19-28-22(26)30-23(29-19)27-8-7-15-4-2-5-18(24)21(15)25/h2,4-5,10-12H,3,6-9,13H2,1H3,(H3,26,27,28,29,30). The van der Waals surface area contributed by atoms with Gasteiger partial charge in [-0.05, 0) is 49.1 Å². The van der Waals surface area contributed by atoms with Gasteiger partial charge in [-0.3, -0.25) is 4.79 Å². The van der Waals surface area contributed by atoms with Crippen LogP contribution < -0.4 is 20.7 Å². The molecule has 4 rings (SSSR count). The Bertz CT molecular complexity index is 1170. The number of aromatic nitrogens is 3. The largest absolute Gasteiger partial charge is 0.486 e. The van der Waals surface area contributed by atoms with Crippen LogP contribution >= 0.6 is 23.2 Å². The van der Waals surface area contributed by atoms with Gasteiger partial charge in [-0.2, -0.15) is 15.0 Å². The van der Waals surface area contributed by atoms with Crippen molar-refractivity contribution < 1.29 is 9.53 Å². The fraction of sp³-hybridized carbons (Fsp3) is 0.304. The number of ether oxygens (including phenoxy) is 1. The van der Waals surface area contributed by atoms with Crippen molar-refractivity contribution in [2.24, 2.45) is 0 Å². The number of amides is 1. The van der Waals surface area contributed by atoms with Crippen molar-refractivity contribution in [3.8, 4) is 5.75 Å². The highest BCUT2D eigenvalue weighted by Gasteiger charge is 2.22. The van der Waals surface area contributed by atoms with E-state index in [4.69, 9.17) is 33.7 Å². The van der Waals surface area contributed by atoms with Crippen molar-refractivity contribution in [2.45, 2.75) is 32.8 Å². The lowest BCUT2D eigenvalue weighted by Gasteiger charge is -2.18. The van der Waals surface area contributed by atoms with Gasteiger partial charge in [0.05, 0.1) is 10.0 Å². The second kappa shape index (κ2) is 10.2. The van der Waals surface area contributed by atoms with Crippen LogP contribution in [0.4, 0.5) is 17.6 Å². The fourth-order valence-corrected chi connectivity index (χ4v) is 4.08. The predicted molar refractivity (Wildman–Crippen MR) is 130 cm³/mol. The highest BCUT2D eigenvalue weighted by Crippen LogP contribution is 2.28. The summed E-state index contributed by atoms with van der Waals surface area (Å²) in [6.07, 6.45) is 2.08. The number of aryl methyl sites for hydroxylation is 1. The molecule has 1 amide bonds. The maximum absolute atomic E-state index is 12.1. The molecule has 0 bridgehead atoms. The lowest BCUT2D eigenvalue weighted by atomic mass is 10.1. The molecule has 1 aliphatic rings. The number of nitrogens with two attached hydrogens (primary N) is 1. The molecule has 172 valence electrons. The summed E-state index contributed by atoms with van der Waals surface area (Å²) in [5.41, 5.74) is 8.62. The Labute approximate surface area is 202 Å². The number of rotatable bonds is 8. The minimum absolute atomic E-state index is 0.0967. The van der Waals surface area contributed by atoms with E-state index < -0.39 is 0 Å². The predicted octanol–water partition coefficient (Wildman–Crippen LogP) is 4.43. The molecule has 0 saturated carbocycles. The van der Waals surface area contributed by atoms with Gasteiger partial charge in [0.15, 0.2) is 5.82 Å². The first-order chi connectivity index (χ1) is 15.9. The van der Waals surface area contributed by atoms with Crippen molar-refractivity contribution in [1.29, 1.82) is 0 Å². The van der Waals surface area contributed by atoms with Crippen LogP contribution in [0.3, 0.4) is 0 Å². The smallest absolute Gasteiger partial charge is 0.227 e.